The van der Waals surface area contributed by atoms with Crippen LogP contribution in [0.5, 0.6) is 0 Å². The van der Waals surface area contributed by atoms with Gasteiger partial charge >= 0.3 is 0 Å². The second-order valence-electron chi connectivity index (χ2n) is 25.0. The molecule has 3 aliphatic heterocycles. The van der Waals surface area contributed by atoms with Crippen LogP contribution in [0.3, 0.4) is 0 Å². The summed E-state index contributed by atoms with van der Waals surface area (Å²) in [5.74, 6) is -0.243. The van der Waals surface area contributed by atoms with Crippen LogP contribution in [-0.4, -0.2) is 193 Å². The van der Waals surface area contributed by atoms with E-state index in [2.05, 4.69) is 67.8 Å². The third-order valence-electron chi connectivity index (χ3n) is 17.4. The van der Waals surface area contributed by atoms with E-state index in [-0.39, 0.29) is 18.9 Å². The average Bonchev–Trinajstić information content (AvgIpc) is 1.15. The Morgan fingerprint density at radius 3 is 1.23 bits per heavy atom. The Bertz CT molecular complexity index is 1790. The van der Waals surface area contributed by atoms with Crippen LogP contribution in [0.25, 0.3) is 0 Å². The molecule has 19 heteroatoms. The zero-order valence-corrected chi connectivity index (χ0v) is 54.2. The summed E-state index contributed by atoms with van der Waals surface area (Å²) in [5, 5.41) is 120. The Morgan fingerprint density at radius 1 is 0.420 bits per heavy atom. The van der Waals surface area contributed by atoms with Gasteiger partial charge in [0, 0.05) is 6.42 Å². The van der Waals surface area contributed by atoms with Crippen molar-refractivity contribution in [2.75, 3.05) is 26.4 Å². The summed E-state index contributed by atoms with van der Waals surface area (Å²) in [6.45, 7) is 1.64. The molecule has 0 spiro atoms. The number of nitrogens with one attached hydrogen (secondary N) is 1. The summed E-state index contributed by atoms with van der Waals surface area (Å²) in [6, 6.07) is -0.883. The van der Waals surface area contributed by atoms with Gasteiger partial charge in [0.1, 0.15) is 73.2 Å². The van der Waals surface area contributed by atoms with Crippen LogP contribution in [0.4, 0.5) is 0 Å². The van der Waals surface area contributed by atoms with Gasteiger partial charge in [-0.25, -0.2) is 0 Å². The predicted molar refractivity (Wildman–Crippen MR) is 342 cm³/mol. The van der Waals surface area contributed by atoms with Crippen molar-refractivity contribution in [3.05, 3.63) is 48.6 Å². The molecule has 3 saturated heterocycles. The number of aliphatic hydroxyl groups is 11. The zero-order chi connectivity index (χ0) is 64.0. The minimum Gasteiger partial charge on any atom is -0.394 e. The number of unbranched alkanes of at least 4 members (excludes halogenated alkanes) is 29. The number of aliphatic hydroxyl groups excluding tert-OH is 11. The molecule has 3 fully saturated rings. The highest BCUT2D eigenvalue weighted by Gasteiger charge is 2.53. The molecule has 12 N–H and O–H groups in total. The van der Waals surface area contributed by atoms with E-state index in [0.717, 1.165) is 70.6 Å². The van der Waals surface area contributed by atoms with Crippen molar-refractivity contribution >= 4 is 5.91 Å². The molecule has 3 heterocycles. The molecule has 0 saturated carbocycles. The van der Waals surface area contributed by atoms with Crippen LogP contribution in [0.2, 0.25) is 0 Å². The van der Waals surface area contributed by atoms with E-state index in [9.17, 15) is 61.0 Å². The van der Waals surface area contributed by atoms with Crippen LogP contribution < -0.4 is 5.32 Å². The largest absolute Gasteiger partial charge is 0.394 e. The van der Waals surface area contributed by atoms with E-state index in [1.165, 1.54) is 148 Å². The molecule has 0 aromatic carbocycles. The lowest BCUT2D eigenvalue weighted by atomic mass is 9.96. The van der Waals surface area contributed by atoms with Crippen LogP contribution >= 0.6 is 0 Å². The minimum atomic E-state index is -1.97. The average molecular weight is 1260 g/mol. The predicted octanol–water partition coefficient (Wildman–Crippen LogP) is 9.00. The Balaban J connectivity index is 1.28. The van der Waals surface area contributed by atoms with E-state index >= 15 is 0 Å². The smallest absolute Gasteiger partial charge is 0.220 e. The monoisotopic (exact) mass is 1260 g/mol. The van der Waals surface area contributed by atoms with Gasteiger partial charge in [0.25, 0.3) is 0 Å². The maximum Gasteiger partial charge on any atom is 0.220 e. The molecule has 0 bridgehead atoms. The van der Waals surface area contributed by atoms with Crippen molar-refractivity contribution in [2.45, 2.75) is 356 Å². The molecule has 0 aromatic heterocycles. The van der Waals surface area contributed by atoms with Crippen LogP contribution in [0.15, 0.2) is 48.6 Å². The fourth-order valence-corrected chi connectivity index (χ4v) is 11.8. The van der Waals surface area contributed by atoms with Gasteiger partial charge in [0.05, 0.1) is 38.6 Å². The number of carbonyl (C=O) groups is 1. The normalized spacial score (nSPS) is 28.7. The SMILES string of the molecule is CC/C=C\C/C=C\C/C=C\C/C=C\CCCCCCCCCCCCCCCCCCCCCCCCC(=O)NC(COC1OC(CO)C(OC2OC(CO)C(OC3OC(CO)C(O)C(O)C3O)C(O)C2O)C(O)C1O)C(O)CCCCCCCCCC. The Morgan fingerprint density at radius 2 is 0.784 bits per heavy atom. The molecule has 514 valence electrons. The van der Waals surface area contributed by atoms with Crippen LogP contribution in [0.1, 0.15) is 251 Å². The minimum absolute atomic E-state index is 0.243. The van der Waals surface area contributed by atoms with Gasteiger partial charge < -0.3 is 89.9 Å². The summed E-state index contributed by atoms with van der Waals surface area (Å²) in [4.78, 5) is 13.3. The first-order chi connectivity index (χ1) is 42.8. The third kappa shape index (κ3) is 33.0. The summed E-state index contributed by atoms with van der Waals surface area (Å²) < 4.78 is 34.3. The molecule has 1 amide bonds. The van der Waals surface area contributed by atoms with E-state index < -0.39 is 124 Å². The summed E-state index contributed by atoms with van der Waals surface area (Å²) in [5.41, 5.74) is 0. The molecular formula is C69H125NO18. The van der Waals surface area contributed by atoms with Crippen molar-refractivity contribution in [1.82, 2.24) is 5.32 Å². The number of carbonyl (C=O) groups excluding carboxylic acids is 1. The van der Waals surface area contributed by atoms with Crippen molar-refractivity contribution in [2.24, 2.45) is 0 Å². The van der Waals surface area contributed by atoms with Gasteiger partial charge in [-0.3, -0.25) is 4.79 Å². The fourth-order valence-electron chi connectivity index (χ4n) is 11.8. The second-order valence-corrected chi connectivity index (χ2v) is 25.0. The van der Waals surface area contributed by atoms with E-state index in [1.54, 1.807) is 0 Å². The first-order valence-electron chi connectivity index (χ1n) is 34.9. The van der Waals surface area contributed by atoms with Crippen molar-refractivity contribution in [1.29, 1.82) is 0 Å². The second kappa shape index (κ2) is 51.2. The summed E-state index contributed by atoms with van der Waals surface area (Å²) in [6.07, 6.45) is 34.0. The molecule has 17 unspecified atom stereocenters. The maximum absolute atomic E-state index is 13.3. The molecule has 3 aliphatic rings. The highest BCUT2D eigenvalue weighted by atomic mass is 16.8. The Labute approximate surface area is 529 Å². The molecule has 88 heavy (non-hydrogen) atoms. The fraction of sp³-hybridized carbons (Fsp3) is 0.870. The van der Waals surface area contributed by atoms with E-state index in [1.807, 2.05) is 0 Å². The lowest BCUT2D eigenvalue weighted by molar-refractivity contribution is -0.379. The van der Waals surface area contributed by atoms with Gasteiger partial charge in [-0.1, -0.05) is 242 Å². The van der Waals surface area contributed by atoms with E-state index in [4.69, 9.17) is 28.4 Å². The number of allylic oxidation sites excluding steroid dienone is 8. The van der Waals surface area contributed by atoms with Crippen molar-refractivity contribution in [3.63, 3.8) is 0 Å². The summed E-state index contributed by atoms with van der Waals surface area (Å²) >= 11 is 0. The quantitative estimate of drug-likeness (QED) is 0.0200. The maximum atomic E-state index is 13.3. The van der Waals surface area contributed by atoms with E-state index in [0.29, 0.717) is 12.8 Å². The third-order valence-corrected chi connectivity index (χ3v) is 17.4. The van der Waals surface area contributed by atoms with Crippen LogP contribution in [-0.2, 0) is 33.2 Å². The summed E-state index contributed by atoms with van der Waals surface area (Å²) in [7, 11) is 0. The molecule has 0 radical (unpaired) electrons. The first kappa shape index (κ1) is 80.0. The van der Waals surface area contributed by atoms with Gasteiger partial charge in [-0.15, -0.1) is 0 Å². The molecule has 3 rings (SSSR count). The van der Waals surface area contributed by atoms with Gasteiger partial charge in [-0.05, 0) is 51.4 Å². The number of amides is 1. The van der Waals surface area contributed by atoms with Gasteiger partial charge in [-0.2, -0.15) is 0 Å². The van der Waals surface area contributed by atoms with Crippen molar-refractivity contribution in [3.8, 4) is 0 Å². The van der Waals surface area contributed by atoms with Gasteiger partial charge in [0.15, 0.2) is 18.9 Å². The number of hydrogen-bond acceptors (Lipinski definition) is 18. The molecular weight excluding hydrogens is 1130 g/mol. The first-order valence-corrected chi connectivity index (χ1v) is 34.9. The highest BCUT2D eigenvalue weighted by Crippen LogP contribution is 2.33. The molecule has 0 aromatic rings. The number of hydrogen-bond donors (Lipinski definition) is 12. The Hall–Kier alpha value is -2.25. The van der Waals surface area contributed by atoms with Crippen molar-refractivity contribution < 1.29 is 89.4 Å². The van der Waals surface area contributed by atoms with Crippen LogP contribution in [0, 0.1) is 0 Å². The lowest BCUT2D eigenvalue weighted by Crippen LogP contribution is -2.66. The lowest BCUT2D eigenvalue weighted by Gasteiger charge is -2.48. The standard InChI is InChI=1S/C69H125NO18/c1-3-5-7-9-11-13-14-15-16-17-18-19-20-21-22-23-24-25-26-27-28-29-30-31-32-33-34-35-36-37-38-39-41-43-45-47-57(75)70-52(53(74)46-44-42-40-12-10-8-6-4-2)51-83-67-63(81)60(78)65(55(49-72)85-67)88-69-64(82)61(79)66(56(50-73)86-69)87-68-62(80)59(77)58(76)54(48-71)84-68/h5,7,11,13,15-16,18-19,52-56,58-69,71-74,76-82H,3-4,6,8-10,12,14,17,20-51H2,1-2H3,(H,70,75)/b7-5-,13-11-,16-15-,19-18-. The zero-order valence-electron chi connectivity index (χ0n) is 54.2. The number of rotatable bonds is 53. The molecule has 0 aliphatic carbocycles. The number of ether oxygens (including phenoxy) is 6. The Kier molecular flexibility index (Phi) is 46.5. The molecule has 19 nitrogen and oxygen atoms in total. The molecule has 17 atom stereocenters. The van der Waals surface area contributed by atoms with Gasteiger partial charge in [0.2, 0.25) is 5.91 Å². The topological polar surface area (TPSA) is 307 Å². The highest BCUT2D eigenvalue weighted by molar-refractivity contribution is 5.76.